The molecule has 0 amide bonds. The number of ether oxygens (including phenoxy) is 1. The Balaban J connectivity index is 1.45. The van der Waals surface area contributed by atoms with Crippen molar-refractivity contribution < 1.29 is 9.53 Å². The number of piperidine rings is 1. The second kappa shape index (κ2) is 5.09. The molecule has 3 heteroatoms. The van der Waals surface area contributed by atoms with Crippen LogP contribution < -0.4 is 0 Å². The van der Waals surface area contributed by atoms with Gasteiger partial charge in [0, 0.05) is 24.9 Å². The van der Waals surface area contributed by atoms with Crippen LogP contribution in [0.5, 0.6) is 0 Å². The summed E-state index contributed by atoms with van der Waals surface area (Å²) in [5.74, 6) is 0.584. The van der Waals surface area contributed by atoms with Crippen LogP contribution in [0.25, 0.3) is 0 Å². The first-order valence-electron chi connectivity index (χ1n) is 8.53. The van der Waals surface area contributed by atoms with Crippen molar-refractivity contribution in [1.82, 2.24) is 4.90 Å². The van der Waals surface area contributed by atoms with Gasteiger partial charge in [-0.15, -0.1) is 0 Å². The number of carbonyl (C=O) groups excluding carboxylic acids is 1. The zero-order valence-electron chi connectivity index (χ0n) is 13.5. The van der Waals surface area contributed by atoms with Crippen molar-refractivity contribution in [3.8, 4) is 0 Å². The van der Waals surface area contributed by atoms with E-state index >= 15 is 0 Å². The molecule has 1 heterocycles. The minimum atomic E-state index is -0.345. The van der Waals surface area contributed by atoms with Crippen LogP contribution in [-0.2, 0) is 22.4 Å². The number of rotatable bonds is 2. The van der Waals surface area contributed by atoms with Crippen molar-refractivity contribution >= 4 is 5.97 Å². The highest BCUT2D eigenvalue weighted by atomic mass is 16.5. The molecule has 0 N–H and O–H groups in total. The molecular weight excluding hydrogens is 274 g/mol. The van der Waals surface area contributed by atoms with Gasteiger partial charge in [-0.25, -0.2) is 0 Å². The monoisotopic (exact) mass is 299 g/mol. The van der Waals surface area contributed by atoms with E-state index in [1.807, 2.05) is 0 Å². The molecule has 3 nitrogen and oxygen atoms in total. The highest BCUT2D eigenvalue weighted by Gasteiger charge is 2.47. The fourth-order valence-corrected chi connectivity index (χ4v) is 4.62. The number of hydrogen-bond acceptors (Lipinski definition) is 3. The molecule has 1 aromatic carbocycles. The topological polar surface area (TPSA) is 29.5 Å². The summed E-state index contributed by atoms with van der Waals surface area (Å²) in [6.07, 6.45) is 5.10. The van der Waals surface area contributed by atoms with Crippen molar-refractivity contribution in [2.75, 3.05) is 13.6 Å². The third kappa shape index (κ3) is 2.26. The first-order chi connectivity index (χ1) is 10.5. The zero-order valence-corrected chi connectivity index (χ0v) is 13.5. The standard InChI is InChI=1S/C19H25NO2/c1-19(8-7-13-5-3-4-6-14(13)11-19)18(21)22-17-10-16-9-15(17)12-20(16)2/h3-6,15-17H,7-12H2,1-2H3/t15?,16?,17?,19-/m0/s1. The third-order valence-corrected chi connectivity index (χ3v) is 6.15. The molecule has 2 bridgehead atoms. The van der Waals surface area contributed by atoms with E-state index in [9.17, 15) is 4.79 Å². The Morgan fingerprint density at radius 2 is 2.05 bits per heavy atom. The number of esters is 1. The fraction of sp³-hybridized carbons (Fsp3) is 0.632. The Hall–Kier alpha value is -1.35. The van der Waals surface area contributed by atoms with Gasteiger partial charge in [0.25, 0.3) is 0 Å². The number of hydrogen-bond donors (Lipinski definition) is 0. The fourth-order valence-electron chi connectivity index (χ4n) is 4.62. The SMILES string of the molecule is CN1CC2CC1CC2OC(=O)[C@@]1(C)CCc2ccccc2C1. The summed E-state index contributed by atoms with van der Waals surface area (Å²) in [4.78, 5) is 15.2. The van der Waals surface area contributed by atoms with E-state index < -0.39 is 0 Å². The van der Waals surface area contributed by atoms with E-state index in [1.54, 1.807) is 0 Å². The van der Waals surface area contributed by atoms with Crippen LogP contribution in [0.15, 0.2) is 24.3 Å². The zero-order chi connectivity index (χ0) is 15.3. The van der Waals surface area contributed by atoms with Crippen molar-refractivity contribution in [2.24, 2.45) is 11.3 Å². The lowest BCUT2D eigenvalue weighted by atomic mass is 9.73. The number of likely N-dealkylation sites (tertiary alicyclic amines) is 1. The van der Waals surface area contributed by atoms with E-state index in [1.165, 1.54) is 17.5 Å². The number of aryl methyl sites for hydroxylation is 1. The molecule has 22 heavy (non-hydrogen) atoms. The molecule has 2 fully saturated rings. The average molecular weight is 299 g/mol. The Labute approximate surface area is 132 Å². The van der Waals surface area contributed by atoms with Crippen LogP contribution in [0.4, 0.5) is 0 Å². The summed E-state index contributed by atoms with van der Waals surface area (Å²) in [5, 5.41) is 0. The molecular formula is C19H25NO2. The summed E-state index contributed by atoms with van der Waals surface area (Å²) >= 11 is 0. The molecule has 1 saturated carbocycles. The van der Waals surface area contributed by atoms with E-state index in [-0.39, 0.29) is 17.5 Å². The smallest absolute Gasteiger partial charge is 0.312 e. The highest BCUT2D eigenvalue weighted by molar-refractivity contribution is 5.77. The van der Waals surface area contributed by atoms with Gasteiger partial charge in [-0.3, -0.25) is 4.79 Å². The molecule has 1 aromatic rings. The minimum absolute atomic E-state index is 0.0298. The molecule has 1 saturated heterocycles. The van der Waals surface area contributed by atoms with Gasteiger partial charge in [0.05, 0.1) is 5.41 Å². The van der Waals surface area contributed by atoms with E-state index in [4.69, 9.17) is 4.74 Å². The van der Waals surface area contributed by atoms with Gasteiger partial charge in [0.2, 0.25) is 0 Å². The highest BCUT2D eigenvalue weighted by Crippen LogP contribution is 2.41. The maximum absolute atomic E-state index is 12.8. The van der Waals surface area contributed by atoms with Crippen LogP contribution in [-0.4, -0.2) is 36.6 Å². The van der Waals surface area contributed by atoms with Gasteiger partial charge in [-0.05, 0) is 50.8 Å². The molecule has 4 rings (SSSR count). The first kappa shape index (κ1) is 14.3. The quantitative estimate of drug-likeness (QED) is 0.787. The lowest BCUT2D eigenvalue weighted by Gasteiger charge is -2.35. The van der Waals surface area contributed by atoms with Crippen LogP contribution in [0, 0.1) is 11.3 Å². The molecule has 3 unspecified atom stereocenters. The largest absolute Gasteiger partial charge is 0.462 e. The van der Waals surface area contributed by atoms with Crippen LogP contribution in [0.3, 0.4) is 0 Å². The molecule has 3 aliphatic rings. The lowest BCUT2D eigenvalue weighted by molar-refractivity contribution is -0.164. The second-order valence-electron chi connectivity index (χ2n) is 7.77. The van der Waals surface area contributed by atoms with Crippen molar-refractivity contribution in [1.29, 1.82) is 0 Å². The van der Waals surface area contributed by atoms with Gasteiger partial charge in [0.15, 0.2) is 0 Å². The molecule has 0 spiro atoms. The summed E-state index contributed by atoms with van der Waals surface area (Å²) in [6.45, 7) is 3.17. The number of fused-ring (bicyclic) bond motifs is 3. The Bertz CT molecular complexity index is 597. The molecule has 1 aliphatic heterocycles. The third-order valence-electron chi connectivity index (χ3n) is 6.15. The van der Waals surface area contributed by atoms with Crippen molar-refractivity contribution in [3.05, 3.63) is 35.4 Å². The summed E-state index contributed by atoms with van der Waals surface area (Å²) in [5.41, 5.74) is 2.37. The Kier molecular flexibility index (Phi) is 3.30. The maximum Gasteiger partial charge on any atom is 0.312 e. The lowest BCUT2D eigenvalue weighted by Crippen LogP contribution is -2.42. The molecule has 4 atom stereocenters. The van der Waals surface area contributed by atoms with Crippen molar-refractivity contribution in [3.63, 3.8) is 0 Å². The van der Waals surface area contributed by atoms with Gasteiger partial charge in [-0.1, -0.05) is 24.3 Å². The van der Waals surface area contributed by atoms with Crippen molar-refractivity contribution in [2.45, 2.75) is 51.2 Å². The summed E-state index contributed by atoms with van der Waals surface area (Å²) in [7, 11) is 2.18. The van der Waals surface area contributed by atoms with Gasteiger partial charge in [-0.2, -0.15) is 0 Å². The number of nitrogens with zero attached hydrogens (tertiary/aromatic N) is 1. The van der Waals surface area contributed by atoms with E-state index in [2.05, 4.69) is 43.1 Å². The average Bonchev–Trinajstić information content (AvgIpc) is 3.06. The molecule has 0 aromatic heterocycles. The Morgan fingerprint density at radius 3 is 2.73 bits per heavy atom. The van der Waals surface area contributed by atoms with E-state index in [0.717, 1.165) is 32.2 Å². The first-order valence-corrected chi connectivity index (χ1v) is 8.53. The molecule has 2 aliphatic carbocycles. The second-order valence-corrected chi connectivity index (χ2v) is 7.77. The van der Waals surface area contributed by atoms with Gasteiger partial charge >= 0.3 is 5.97 Å². The Morgan fingerprint density at radius 1 is 1.27 bits per heavy atom. The predicted molar refractivity (Wildman–Crippen MR) is 85.6 cm³/mol. The van der Waals surface area contributed by atoms with Gasteiger partial charge < -0.3 is 9.64 Å². The normalized spacial score (nSPS) is 37.1. The minimum Gasteiger partial charge on any atom is -0.462 e. The summed E-state index contributed by atoms with van der Waals surface area (Å²) in [6, 6.07) is 9.13. The maximum atomic E-state index is 12.8. The molecule has 118 valence electrons. The molecule has 0 radical (unpaired) electrons. The van der Waals surface area contributed by atoms with Crippen LogP contribution >= 0.6 is 0 Å². The van der Waals surface area contributed by atoms with Crippen LogP contribution in [0.1, 0.15) is 37.3 Å². The summed E-state index contributed by atoms with van der Waals surface area (Å²) < 4.78 is 5.99. The van der Waals surface area contributed by atoms with E-state index in [0.29, 0.717) is 12.0 Å². The van der Waals surface area contributed by atoms with Gasteiger partial charge in [0.1, 0.15) is 6.10 Å². The number of carbonyl (C=O) groups is 1. The predicted octanol–water partition coefficient (Wildman–Crippen LogP) is 2.82. The van der Waals surface area contributed by atoms with Crippen LogP contribution in [0.2, 0.25) is 0 Å². The number of benzene rings is 1.